The van der Waals surface area contributed by atoms with Gasteiger partial charge in [-0.25, -0.2) is 4.79 Å². The van der Waals surface area contributed by atoms with E-state index in [0.717, 1.165) is 16.7 Å². The van der Waals surface area contributed by atoms with Crippen molar-refractivity contribution in [2.24, 2.45) is 11.0 Å². The van der Waals surface area contributed by atoms with Crippen LogP contribution < -0.4 is 5.43 Å². The van der Waals surface area contributed by atoms with Crippen LogP contribution in [0.2, 0.25) is 0 Å². The van der Waals surface area contributed by atoms with Gasteiger partial charge in [0.25, 0.3) is 0 Å². The van der Waals surface area contributed by atoms with E-state index in [1.165, 1.54) is 7.11 Å². The summed E-state index contributed by atoms with van der Waals surface area (Å²) in [7, 11) is 1.37. The van der Waals surface area contributed by atoms with Crippen LogP contribution >= 0.6 is 15.9 Å². The number of allylic oxidation sites excluding steroid dienone is 2. The molecule has 1 aliphatic carbocycles. The number of nitrogens with one attached hydrogen (secondary N) is 1. The molecule has 0 aromatic carbocycles. The molecule has 0 amide bonds. The van der Waals surface area contributed by atoms with Gasteiger partial charge in [0.05, 0.1) is 24.3 Å². The van der Waals surface area contributed by atoms with E-state index in [1.54, 1.807) is 6.08 Å². The number of carbonyl (C=O) groups excluding carboxylic acids is 1. The smallest absolute Gasteiger partial charge is 0.339 e. The molecule has 0 aromatic heterocycles. The number of hydrogen-bond donors (Lipinski definition) is 1. The van der Waals surface area contributed by atoms with Gasteiger partial charge in [0.15, 0.2) is 0 Å². The van der Waals surface area contributed by atoms with E-state index < -0.39 is 0 Å². The second kappa shape index (κ2) is 3.57. The predicted octanol–water partition coefficient (Wildman–Crippen LogP) is 0.954. The van der Waals surface area contributed by atoms with Crippen molar-refractivity contribution in [2.75, 3.05) is 13.7 Å². The second-order valence-corrected chi connectivity index (χ2v) is 3.95. The van der Waals surface area contributed by atoms with Gasteiger partial charge in [-0.2, -0.15) is 5.10 Å². The summed E-state index contributed by atoms with van der Waals surface area (Å²) in [5.41, 5.74) is 4.16. The van der Waals surface area contributed by atoms with Crippen molar-refractivity contribution in [2.45, 2.75) is 0 Å². The number of methoxy groups -OCH3 is 1. The Morgan fingerprint density at radius 2 is 2.50 bits per heavy atom. The van der Waals surface area contributed by atoms with E-state index in [1.807, 2.05) is 6.08 Å². The zero-order valence-corrected chi connectivity index (χ0v) is 9.17. The molecule has 2 aliphatic rings. The van der Waals surface area contributed by atoms with Crippen molar-refractivity contribution in [3.05, 3.63) is 22.2 Å². The Hall–Kier alpha value is -1.10. The maximum Gasteiger partial charge on any atom is 0.339 e. The molecule has 0 bridgehead atoms. The Balaban J connectivity index is 2.37. The quantitative estimate of drug-likeness (QED) is 0.711. The molecule has 0 spiro atoms. The molecule has 1 heterocycles. The minimum atomic E-state index is -0.339. The monoisotopic (exact) mass is 256 g/mol. The van der Waals surface area contributed by atoms with Crippen LogP contribution in [-0.4, -0.2) is 25.3 Å². The van der Waals surface area contributed by atoms with Crippen LogP contribution in [0, 0.1) is 5.92 Å². The lowest BCUT2D eigenvalue weighted by atomic mass is 9.93. The Labute approximate surface area is 89.8 Å². The third-order valence-corrected chi connectivity index (χ3v) is 3.07. The minimum absolute atomic E-state index is 0.147. The molecule has 5 heteroatoms. The van der Waals surface area contributed by atoms with E-state index in [2.05, 4.69) is 31.2 Å². The number of carbonyl (C=O) groups is 1. The number of nitrogens with zero attached hydrogens (tertiary/aromatic N) is 1. The fourth-order valence-corrected chi connectivity index (χ4v) is 2.03. The molecule has 4 nitrogen and oxygen atoms in total. The molecule has 0 fully saturated rings. The molecule has 0 saturated carbocycles. The second-order valence-electron chi connectivity index (χ2n) is 3.04. The van der Waals surface area contributed by atoms with Gasteiger partial charge in [-0.15, -0.1) is 0 Å². The van der Waals surface area contributed by atoms with Crippen molar-refractivity contribution in [1.82, 2.24) is 5.43 Å². The van der Waals surface area contributed by atoms with Gasteiger partial charge in [0.1, 0.15) is 0 Å². The van der Waals surface area contributed by atoms with Gasteiger partial charge >= 0.3 is 5.97 Å². The highest BCUT2D eigenvalue weighted by Crippen LogP contribution is 2.29. The van der Waals surface area contributed by atoms with Crippen molar-refractivity contribution in [3.8, 4) is 0 Å². The standard InChI is InChI=1S/C9H9BrN2O2/c1-14-9(13)5-2-3-7(10)6-4-11-12-8(5)6/h2-3,6,11H,4H2,1H3. The van der Waals surface area contributed by atoms with E-state index in [4.69, 9.17) is 0 Å². The van der Waals surface area contributed by atoms with Gasteiger partial charge in [-0.1, -0.05) is 22.0 Å². The Kier molecular flexibility index (Phi) is 2.41. The fraction of sp³-hybridized carbons (Fsp3) is 0.333. The third kappa shape index (κ3) is 1.37. The van der Waals surface area contributed by atoms with E-state index in [9.17, 15) is 4.79 Å². The summed E-state index contributed by atoms with van der Waals surface area (Å²) >= 11 is 3.44. The normalized spacial score (nSPS) is 24.1. The topological polar surface area (TPSA) is 50.7 Å². The largest absolute Gasteiger partial charge is 0.465 e. The van der Waals surface area contributed by atoms with Gasteiger partial charge in [-0.05, 0) is 6.08 Å². The van der Waals surface area contributed by atoms with Crippen LogP contribution in [0.25, 0.3) is 0 Å². The molecule has 0 radical (unpaired) electrons. The number of rotatable bonds is 1. The average molecular weight is 257 g/mol. The number of halogens is 1. The van der Waals surface area contributed by atoms with Crippen LogP contribution in [0.5, 0.6) is 0 Å². The highest BCUT2D eigenvalue weighted by Gasteiger charge is 2.32. The maximum atomic E-state index is 11.4. The van der Waals surface area contributed by atoms with Crippen LogP contribution in [0.1, 0.15) is 0 Å². The van der Waals surface area contributed by atoms with E-state index >= 15 is 0 Å². The molecular weight excluding hydrogens is 248 g/mol. The Morgan fingerprint density at radius 3 is 3.21 bits per heavy atom. The number of ether oxygens (including phenoxy) is 1. The number of hydrazone groups is 1. The number of esters is 1. The van der Waals surface area contributed by atoms with Crippen molar-refractivity contribution < 1.29 is 9.53 Å². The summed E-state index contributed by atoms with van der Waals surface area (Å²) in [5, 5.41) is 4.09. The molecule has 0 saturated heterocycles. The lowest BCUT2D eigenvalue weighted by Crippen LogP contribution is -2.24. The maximum absolute atomic E-state index is 11.4. The zero-order valence-electron chi connectivity index (χ0n) is 7.58. The predicted molar refractivity (Wildman–Crippen MR) is 56.0 cm³/mol. The molecule has 1 unspecified atom stereocenters. The summed E-state index contributed by atoms with van der Waals surface area (Å²) in [6.45, 7) is 0.723. The lowest BCUT2D eigenvalue weighted by Gasteiger charge is -2.16. The molecule has 14 heavy (non-hydrogen) atoms. The summed E-state index contributed by atoms with van der Waals surface area (Å²) in [5.74, 6) is -0.192. The van der Waals surface area contributed by atoms with E-state index in [0.29, 0.717) is 5.57 Å². The first kappa shape index (κ1) is 9.45. The molecule has 0 aromatic rings. The minimum Gasteiger partial charge on any atom is -0.465 e. The third-order valence-electron chi connectivity index (χ3n) is 2.25. The summed E-state index contributed by atoms with van der Waals surface area (Å²) in [6, 6.07) is 0. The summed E-state index contributed by atoms with van der Waals surface area (Å²) < 4.78 is 5.71. The molecule has 1 N–H and O–H groups in total. The molecule has 2 rings (SSSR count). The van der Waals surface area contributed by atoms with Gasteiger partial charge in [0.2, 0.25) is 0 Å². The number of hydrogen-bond acceptors (Lipinski definition) is 4. The zero-order chi connectivity index (χ0) is 10.1. The van der Waals surface area contributed by atoms with E-state index in [-0.39, 0.29) is 11.9 Å². The van der Waals surface area contributed by atoms with Gasteiger partial charge < -0.3 is 10.2 Å². The first-order valence-corrected chi connectivity index (χ1v) is 5.00. The Bertz CT molecular complexity index is 371. The van der Waals surface area contributed by atoms with Crippen LogP contribution in [0.3, 0.4) is 0 Å². The Morgan fingerprint density at radius 1 is 1.71 bits per heavy atom. The molecular formula is C9H9BrN2O2. The summed E-state index contributed by atoms with van der Waals surface area (Å²) in [4.78, 5) is 11.4. The first-order valence-electron chi connectivity index (χ1n) is 4.20. The molecule has 1 atom stereocenters. The highest BCUT2D eigenvalue weighted by atomic mass is 79.9. The summed E-state index contributed by atoms with van der Waals surface area (Å²) in [6.07, 6.45) is 3.58. The van der Waals surface area contributed by atoms with Crippen molar-refractivity contribution in [3.63, 3.8) is 0 Å². The number of fused-ring (bicyclic) bond motifs is 1. The molecule has 74 valence electrons. The fourth-order valence-electron chi connectivity index (χ4n) is 1.52. The SMILES string of the molecule is COC(=O)C1=CC=C(Br)C2CNN=C12. The van der Waals surface area contributed by atoms with Crippen LogP contribution in [0.4, 0.5) is 0 Å². The first-order chi connectivity index (χ1) is 6.74. The van der Waals surface area contributed by atoms with Gasteiger partial charge in [0, 0.05) is 11.0 Å². The van der Waals surface area contributed by atoms with Crippen molar-refractivity contribution >= 4 is 27.6 Å². The average Bonchev–Trinajstić information content (AvgIpc) is 2.67. The van der Waals surface area contributed by atoms with Crippen molar-refractivity contribution in [1.29, 1.82) is 0 Å². The lowest BCUT2D eigenvalue weighted by molar-refractivity contribution is -0.135. The van der Waals surface area contributed by atoms with Crippen LogP contribution in [0.15, 0.2) is 27.3 Å². The highest BCUT2D eigenvalue weighted by molar-refractivity contribution is 9.11. The van der Waals surface area contributed by atoms with Gasteiger partial charge in [-0.3, -0.25) is 0 Å². The molecule has 1 aliphatic heterocycles. The van der Waals surface area contributed by atoms with Crippen LogP contribution in [-0.2, 0) is 9.53 Å².